The van der Waals surface area contributed by atoms with Crippen molar-refractivity contribution >= 4 is 29.2 Å². The number of hydrogen-bond donors (Lipinski definition) is 1. The van der Waals surface area contributed by atoms with Crippen molar-refractivity contribution in [1.82, 2.24) is 15.1 Å². The highest BCUT2D eigenvalue weighted by molar-refractivity contribution is 6.30. The zero-order valence-corrected chi connectivity index (χ0v) is 14.6. The van der Waals surface area contributed by atoms with Gasteiger partial charge in [0, 0.05) is 62.9 Å². The summed E-state index contributed by atoms with van der Waals surface area (Å²) in [6, 6.07) is 7.81. The molecule has 2 fully saturated rings. The van der Waals surface area contributed by atoms with Gasteiger partial charge >= 0.3 is 6.03 Å². The second-order valence-electron chi connectivity index (χ2n) is 6.41. The minimum atomic E-state index is -0.0338. The Morgan fingerprint density at radius 3 is 2.67 bits per heavy atom. The van der Waals surface area contributed by atoms with Gasteiger partial charge in [-0.1, -0.05) is 17.7 Å². The third kappa shape index (κ3) is 3.93. The summed E-state index contributed by atoms with van der Waals surface area (Å²) >= 11 is 6.04. The molecule has 1 aromatic rings. The standard InChI is InChI=1S/C17H23ClN4O2/c1-20-12-14(5-6-16(20)23)19-17(24)22-9-7-21(8-10-22)15-4-2-3-13(18)11-15/h2-4,11,14H,5-10,12H2,1H3,(H,19,24)/t14-/m0/s1. The predicted octanol–water partition coefficient (Wildman–Crippen LogP) is 1.79. The van der Waals surface area contributed by atoms with E-state index in [1.807, 2.05) is 29.2 Å². The van der Waals surface area contributed by atoms with Crippen LogP contribution in [0.2, 0.25) is 5.02 Å². The topological polar surface area (TPSA) is 55.9 Å². The minimum absolute atomic E-state index is 0.0338. The lowest BCUT2D eigenvalue weighted by molar-refractivity contribution is -0.132. The van der Waals surface area contributed by atoms with E-state index < -0.39 is 0 Å². The Kier molecular flexibility index (Phi) is 5.14. The number of halogens is 1. The van der Waals surface area contributed by atoms with Gasteiger partial charge in [0.1, 0.15) is 0 Å². The molecule has 0 radical (unpaired) electrons. The molecular weight excluding hydrogens is 328 g/mol. The molecule has 1 N–H and O–H groups in total. The number of carbonyl (C=O) groups excluding carboxylic acids is 2. The summed E-state index contributed by atoms with van der Waals surface area (Å²) in [7, 11) is 1.78. The van der Waals surface area contributed by atoms with Gasteiger partial charge in [0.05, 0.1) is 0 Å². The SMILES string of the molecule is CN1C[C@@H](NC(=O)N2CCN(c3cccc(Cl)c3)CC2)CCC1=O. The normalized spacial score (nSPS) is 21.8. The molecule has 2 aliphatic heterocycles. The van der Waals surface area contributed by atoms with Crippen molar-refractivity contribution in [2.45, 2.75) is 18.9 Å². The summed E-state index contributed by atoms with van der Waals surface area (Å²) in [5, 5.41) is 3.78. The average molecular weight is 351 g/mol. The van der Waals surface area contributed by atoms with E-state index in [1.54, 1.807) is 11.9 Å². The van der Waals surface area contributed by atoms with Gasteiger partial charge in [-0.3, -0.25) is 4.79 Å². The lowest BCUT2D eigenvalue weighted by atomic mass is 10.1. The van der Waals surface area contributed by atoms with Crippen LogP contribution in [0.5, 0.6) is 0 Å². The fourth-order valence-corrected chi connectivity index (χ4v) is 3.42. The van der Waals surface area contributed by atoms with Crippen molar-refractivity contribution in [1.29, 1.82) is 0 Å². The number of likely N-dealkylation sites (tertiary alicyclic amines) is 1. The zero-order chi connectivity index (χ0) is 17.1. The highest BCUT2D eigenvalue weighted by atomic mass is 35.5. The molecule has 2 saturated heterocycles. The average Bonchev–Trinajstić information content (AvgIpc) is 2.58. The molecule has 6 nitrogen and oxygen atoms in total. The molecule has 7 heteroatoms. The third-order valence-corrected chi connectivity index (χ3v) is 4.93. The van der Waals surface area contributed by atoms with Gasteiger partial charge in [0.15, 0.2) is 0 Å². The molecule has 0 aliphatic carbocycles. The molecule has 1 aromatic carbocycles. The van der Waals surface area contributed by atoms with E-state index in [4.69, 9.17) is 11.6 Å². The maximum Gasteiger partial charge on any atom is 0.317 e. The minimum Gasteiger partial charge on any atom is -0.368 e. The first-order chi connectivity index (χ1) is 11.5. The molecule has 3 amide bonds. The van der Waals surface area contributed by atoms with Crippen LogP contribution in [0.1, 0.15) is 12.8 Å². The maximum atomic E-state index is 12.4. The number of piperazine rings is 1. The number of anilines is 1. The zero-order valence-electron chi connectivity index (χ0n) is 13.9. The quantitative estimate of drug-likeness (QED) is 0.884. The molecule has 24 heavy (non-hydrogen) atoms. The fraction of sp³-hybridized carbons (Fsp3) is 0.529. The summed E-state index contributed by atoms with van der Waals surface area (Å²) in [6.45, 7) is 3.53. The Balaban J connectivity index is 1.49. The molecule has 0 spiro atoms. The van der Waals surface area contributed by atoms with Crippen LogP contribution in [0.3, 0.4) is 0 Å². The van der Waals surface area contributed by atoms with E-state index in [9.17, 15) is 9.59 Å². The van der Waals surface area contributed by atoms with E-state index in [1.165, 1.54) is 0 Å². The van der Waals surface area contributed by atoms with Gasteiger partial charge in [-0.25, -0.2) is 4.79 Å². The van der Waals surface area contributed by atoms with Crippen molar-refractivity contribution < 1.29 is 9.59 Å². The number of carbonyl (C=O) groups is 2. The van der Waals surface area contributed by atoms with Gasteiger partial charge in [-0.2, -0.15) is 0 Å². The molecule has 2 heterocycles. The van der Waals surface area contributed by atoms with E-state index in [0.717, 1.165) is 30.2 Å². The molecule has 2 aliphatic rings. The monoisotopic (exact) mass is 350 g/mol. The lowest BCUT2D eigenvalue weighted by Crippen LogP contribution is -2.56. The van der Waals surface area contributed by atoms with E-state index in [0.29, 0.717) is 26.1 Å². The second kappa shape index (κ2) is 7.30. The number of nitrogens with zero attached hydrogens (tertiary/aromatic N) is 3. The Morgan fingerprint density at radius 1 is 1.25 bits per heavy atom. The summed E-state index contributed by atoms with van der Waals surface area (Å²) in [6.07, 6.45) is 1.22. The highest BCUT2D eigenvalue weighted by Gasteiger charge is 2.27. The predicted molar refractivity (Wildman–Crippen MR) is 94.4 cm³/mol. The molecule has 130 valence electrons. The molecular formula is C17H23ClN4O2. The number of rotatable bonds is 2. The third-order valence-electron chi connectivity index (χ3n) is 4.69. The Hall–Kier alpha value is -1.95. The van der Waals surface area contributed by atoms with Gasteiger partial charge < -0.3 is 20.0 Å². The molecule has 0 saturated carbocycles. The number of amides is 3. The molecule has 0 unspecified atom stereocenters. The number of nitrogens with one attached hydrogen (secondary N) is 1. The van der Waals surface area contributed by atoms with E-state index in [-0.39, 0.29) is 18.0 Å². The van der Waals surface area contributed by atoms with E-state index in [2.05, 4.69) is 10.2 Å². The second-order valence-corrected chi connectivity index (χ2v) is 6.85. The summed E-state index contributed by atoms with van der Waals surface area (Å²) in [5.74, 6) is 0.149. The van der Waals surface area contributed by atoms with Crippen molar-refractivity contribution in [2.75, 3.05) is 44.7 Å². The summed E-state index contributed by atoms with van der Waals surface area (Å²) in [5.41, 5.74) is 1.09. The first-order valence-corrected chi connectivity index (χ1v) is 8.70. The van der Waals surface area contributed by atoms with Crippen LogP contribution in [0.25, 0.3) is 0 Å². The largest absolute Gasteiger partial charge is 0.368 e. The van der Waals surface area contributed by atoms with Gasteiger partial charge in [0.2, 0.25) is 5.91 Å². The summed E-state index contributed by atoms with van der Waals surface area (Å²) in [4.78, 5) is 29.7. The van der Waals surface area contributed by atoms with Gasteiger partial charge in [0.25, 0.3) is 0 Å². The van der Waals surface area contributed by atoms with Crippen molar-refractivity contribution in [2.24, 2.45) is 0 Å². The Morgan fingerprint density at radius 2 is 2.00 bits per heavy atom. The van der Waals surface area contributed by atoms with Crippen LogP contribution >= 0.6 is 11.6 Å². The number of hydrogen-bond acceptors (Lipinski definition) is 3. The van der Waals surface area contributed by atoms with E-state index >= 15 is 0 Å². The molecule has 0 aromatic heterocycles. The van der Waals surface area contributed by atoms with Crippen LogP contribution in [0.15, 0.2) is 24.3 Å². The number of urea groups is 1. The Bertz CT molecular complexity index is 616. The van der Waals surface area contributed by atoms with Crippen LogP contribution in [0, 0.1) is 0 Å². The van der Waals surface area contributed by atoms with Gasteiger partial charge in [-0.15, -0.1) is 0 Å². The van der Waals surface area contributed by atoms with Crippen LogP contribution in [-0.2, 0) is 4.79 Å². The van der Waals surface area contributed by atoms with Crippen molar-refractivity contribution in [3.8, 4) is 0 Å². The molecule has 3 rings (SSSR count). The first kappa shape index (κ1) is 16.9. The Labute approximate surface area is 147 Å². The van der Waals surface area contributed by atoms with Gasteiger partial charge in [-0.05, 0) is 24.6 Å². The number of benzene rings is 1. The fourth-order valence-electron chi connectivity index (χ4n) is 3.24. The van der Waals surface area contributed by atoms with Crippen molar-refractivity contribution in [3.63, 3.8) is 0 Å². The summed E-state index contributed by atoms with van der Waals surface area (Å²) < 4.78 is 0. The number of likely N-dealkylation sites (N-methyl/N-ethyl adjacent to an activating group) is 1. The van der Waals surface area contributed by atoms with Crippen LogP contribution in [0.4, 0.5) is 10.5 Å². The van der Waals surface area contributed by atoms with Crippen LogP contribution in [-0.4, -0.2) is 67.6 Å². The number of piperidine rings is 1. The highest BCUT2D eigenvalue weighted by Crippen LogP contribution is 2.21. The maximum absolute atomic E-state index is 12.4. The van der Waals surface area contributed by atoms with Crippen LogP contribution < -0.4 is 10.2 Å². The van der Waals surface area contributed by atoms with Crippen molar-refractivity contribution in [3.05, 3.63) is 29.3 Å². The first-order valence-electron chi connectivity index (χ1n) is 8.33. The smallest absolute Gasteiger partial charge is 0.317 e. The lowest BCUT2D eigenvalue weighted by Gasteiger charge is -2.37. The molecule has 1 atom stereocenters. The molecule has 0 bridgehead atoms.